The molecule has 1 atom stereocenters. The van der Waals surface area contributed by atoms with Gasteiger partial charge in [-0.15, -0.1) is 0 Å². The Morgan fingerprint density at radius 3 is 2.89 bits per heavy atom. The first-order valence-electron chi connectivity index (χ1n) is 7.03. The van der Waals surface area contributed by atoms with Crippen LogP contribution < -0.4 is 16.0 Å². The number of piperidine rings is 1. The average Bonchev–Trinajstić information content (AvgIpc) is 2.37. The summed E-state index contributed by atoms with van der Waals surface area (Å²) in [6, 6.07) is 2.03. The Bertz CT molecular complexity index is 413. The predicted molar refractivity (Wildman–Crippen MR) is 79.4 cm³/mol. The number of nitrogens with one attached hydrogen (secondary N) is 1. The second-order valence-electron chi connectivity index (χ2n) is 6.33. The van der Waals surface area contributed by atoms with Gasteiger partial charge in [0.25, 0.3) is 0 Å². The van der Waals surface area contributed by atoms with Gasteiger partial charge >= 0.3 is 0 Å². The predicted octanol–water partition coefficient (Wildman–Crippen LogP) is 1.86. The van der Waals surface area contributed by atoms with Crippen molar-refractivity contribution in [3.05, 3.63) is 12.4 Å². The zero-order valence-corrected chi connectivity index (χ0v) is 12.2. The molecule has 0 amide bonds. The van der Waals surface area contributed by atoms with Gasteiger partial charge in [-0.1, -0.05) is 0 Å². The molecule has 1 aliphatic rings. The van der Waals surface area contributed by atoms with Crippen molar-refractivity contribution in [3.8, 4) is 0 Å². The van der Waals surface area contributed by atoms with E-state index in [9.17, 15) is 0 Å². The summed E-state index contributed by atoms with van der Waals surface area (Å²) in [6.45, 7) is 9.19. The molecule has 1 aliphatic heterocycles. The Labute approximate surface area is 115 Å². The van der Waals surface area contributed by atoms with E-state index >= 15 is 0 Å². The SMILES string of the molecule is CC(C)(C)Nc1cc(N2CCCC(CN)C2)ncn1. The zero-order chi connectivity index (χ0) is 13.9. The molecule has 2 heterocycles. The van der Waals surface area contributed by atoms with Crippen LogP contribution in [0.1, 0.15) is 33.6 Å². The van der Waals surface area contributed by atoms with Gasteiger partial charge in [0.1, 0.15) is 18.0 Å². The molecule has 0 aromatic carbocycles. The van der Waals surface area contributed by atoms with Crippen molar-refractivity contribution >= 4 is 11.6 Å². The fourth-order valence-corrected chi connectivity index (χ4v) is 2.44. The van der Waals surface area contributed by atoms with Gasteiger partial charge in [-0.2, -0.15) is 0 Å². The lowest BCUT2D eigenvalue weighted by Gasteiger charge is -2.33. The maximum Gasteiger partial charge on any atom is 0.134 e. The molecule has 1 fully saturated rings. The van der Waals surface area contributed by atoms with E-state index in [0.29, 0.717) is 5.92 Å². The van der Waals surface area contributed by atoms with Crippen LogP contribution in [-0.2, 0) is 0 Å². The minimum Gasteiger partial charge on any atom is -0.365 e. The number of anilines is 2. The standard InChI is InChI=1S/C14H25N5/c1-14(2,3)18-12-7-13(17-10-16-12)19-6-4-5-11(8-15)9-19/h7,10-11H,4-6,8-9,15H2,1-3H3,(H,16,17,18). The summed E-state index contributed by atoms with van der Waals surface area (Å²) in [5.74, 6) is 2.47. The molecule has 0 bridgehead atoms. The maximum atomic E-state index is 5.78. The van der Waals surface area contributed by atoms with E-state index in [1.165, 1.54) is 12.8 Å². The lowest BCUT2D eigenvalue weighted by Crippen LogP contribution is -2.39. The Morgan fingerprint density at radius 2 is 2.21 bits per heavy atom. The van der Waals surface area contributed by atoms with Gasteiger partial charge in [0.05, 0.1) is 0 Å². The second kappa shape index (κ2) is 5.74. The van der Waals surface area contributed by atoms with E-state index < -0.39 is 0 Å². The highest BCUT2D eigenvalue weighted by Crippen LogP contribution is 2.23. The third-order valence-corrected chi connectivity index (χ3v) is 3.33. The molecule has 3 N–H and O–H groups in total. The van der Waals surface area contributed by atoms with Gasteiger partial charge in [-0.3, -0.25) is 0 Å². The second-order valence-corrected chi connectivity index (χ2v) is 6.33. The highest BCUT2D eigenvalue weighted by atomic mass is 15.2. The molecular formula is C14H25N5. The van der Waals surface area contributed by atoms with Gasteiger partial charge in [-0.25, -0.2) is 9.97 Å². The first kappa shape index (κ1) is 14.1. The van der Waals surface area contributed by atoms with Crippen molar-refractivity contribution in [2.24, 2.45) is 11.7 Å². The number of hydrogen-bond donors (Lipinski definition) is 2. The monoisotopic (exact) mass is 263 g/mol. The van der Waals surface area contributed by atoms with Crippen molar-refractivity contribution in [1.29, 1.82) is 0 Å². The van der Waals surface area contributed by atoms with E-state index in [0.717, 1.165) is 31.3 Å². The summed E-state index contributed by atoms with van der Waals surface area (Å²) < 4.78 is 0. The van der Waals surface area contributed by atoms with Crippen molar-refractivity contribution in [2.75, 3.05) is 29.9 Å². The lowest BCUT2D eigenvalue weighted by molar-refractivity contribution is 0.421. The Balaban J connectivity index is 2.09. The van der Waals surface area contributed by atoms with E-state index in [1.54, 1.807) is 6.33 Å². The first-order valence-corrected chi connectivity index (χ1v) is 7.03. The van der Waals surface area contributed by atoms with Gasteiger partial charge in [0.15, 0.2) is 0 Å². The maximum absolute atomic E-state index is 5.78. The topological polar surface area (TPSA) is 67.1 Å². The molecule has 0 saturated carbocycles. The van der Waals surface area contributed by atoms with Crippen LogP contribution in [0, 0.1) is 5.92 Å². The van der Waals surface area contributed by atoms with E-state index in [-0.39, 0.29) is 5.54 Å². The van der Waals surface area contributed by atoms with Crippen molar-refractivity contribution < 1.29 is 0 Å². The molecule has 19 heavy (non-hydrogen) atoms. The van der Waals surface area contributed by atoms with Crippen molar-refractivity contribution in [3.63, 3.8) is 0 Å². The summed E-state index contributed by atoms with van der Waals surface area (Å²) in [7, 11) is 0. The summed E-state index contributed by atoms with van der Waals surface area (Å²) in [5, 5.41) is 3.38. The Hall–Kier alpha value is -1.36. The van der Waals surface area contributed by atoms with Gasteiger partial charge < -0.3 is 16.0 Å². The van der Waals surface area contributed by atoms with Gasteiger partial charge in [-0.05, 0) is 46.1 Å². The number of nitrogens with zero attached hydrogens (tertiary/aromatic N) is 3. The molecule has 5 nitrogen and oxygen atoms in total. The van der Waals surface area contributed by atoms with Crippen LogP contribution in [0.2, 0.25) is 0 Å². The normalized spacial score (nSPS) is 20.4. The fourth-order valence-electron chi connectivity index (χ4n) is 2.44. The largest absolute Gasteiger partial charge is 0.365 e. The van der Waals surface area contributed by atoms with Crippen LogP contribution in [0.3, 0.4) is 0 Å². The average molecular weight is 263 g/mol. The molecular weight excluding hydrogens is 238 g/mol. The van der Waals surface area contributed by atoms with Crippen LogP contribution in [0.5, 0.6) is 0 Å². The summed E-state index contributed by atoms with van der Waals surface area (Å²) >= 11 is 0. The van der Waals surface area contributed by atoms with Gasteiger partial charge in [0.2, 0.25) is 0 Å². The molecule has 1 aromatic rings. The van der Waals surface area contributed by atoms with Crippen molar-refractivity contribution in [2.45, 2.75) is 39.2 Å². The molecule has 5 heteroatoms. The molecule has 1 saturated heterocycles. The van der Waals surface area contributed by atoms with E-state index in [2.05, 4.69) is 41.0 Å². The van der Waals surface area contributed by atoms with Crippen LogP contribution in [0.15, 0.2) is 12.4 Å². The number of nitrogens with two attached hydrogens (primary N) is 1. The Morgan fingerprint density at radius 1 is 1.42 bits per heavy atom. The smallest absolute Gasteiger partial charge is 0.134 e. The van der Waals surface area contributed by atoms with E-state index in [4.69, 9.17) is 5.73 Å². The highest BCUT2D eigenvalue weighted by Gasteiger charge is 2.20. The van der Waals surface area contributed by atoms with Crippen LogP contribution in [-0.4, -0.2) is 35.1 Å². The zero-order valence-electron chi connectivity index (χ0n) is 12.2. The summed E-state index contributed by atoms with van der Waals surface area (Å²) in [5.41, 5.74) is 5.79. The van der Waals surface area contributed by atoms with E-state index in [1.807, 2.05) is 6.07 Å². The van der Waals surface area contributed by atoms with Crippen molar-refractivity contribution in [1.82, 2.24) is 9.97 Å². The third-order valence-electron chi connectivity index (χ3n) is 3.33. The molecule has 1 unspecified atom stereocenters. The minimum absolute atomic E-state index is 0.00726. The quantitative estimate of drug-likeness (QED) is 0.871. The fraction of sp³-hybridized carbons (Fsp3) is 0.714. The third kappa shape index (κ3) is 4.06. The lowest BCUT2D eigenvalue weighted by atomic mass is 9.98. The number of aromatic nitrogens is 2. The Kier molecular flexibility index (Phi) is 4.24. The molecule has 0 aliphatic carbocycles. The van der Waals surface area contributed by atoms with Crippen LogP contribution >= 0.6 is 0 Å². The first-order chi connectivity index (χ1) is 8.98. The van der Waals surface area contributed by atoms with Crippen LogP contribution in [0.4, 0.5) is 11.6 Å². The molecule has 106 valence electrons. The minimum atomic E-state index is 0.00726. The number of rotatable bonds is 3. The molecule has 2 rings (SSSR count). The van der Waals surface area contributed by atoms with Gasteiger partial charge in [0, 0.05) is 24.7 Å². The van der Waals surface area contributed by atoms with Crippen LogP contribution in [0.25, 0.3) is 0 Å². The number of hydrogen-bond acceptors (Lipinski definition) is 5. The summed E-state index contributed by atoms with van der Waals surface area (Å²) in [4.78, 5) is 11.0. The summed E-state index contributed by atoms with van der Waals surface area (Å²) in [6.07, 6.45) is 4.05. The molecule has 0 radical (unpaired) electrons. The molecule has 1 aromatic heterocycles. The molecule has 0 spiro atoms. The highest BCUT2D eigenvalue weighted by molar-refractivity contribution is 5.49.